The molecule has 2 aromatic carbocycles. The predicted octanol–water partition coefficient (Wildman–Crippen LogP) is 2.45. The highest BCUT2D eigenvalue weighted by molar-refractivity contribution is 5.90. The van der Waals surface area contributed by atoms with E-state index in [1.807, 2.05) is 12.1 Å². The summed E-state index contributed by atoms with van der Waals surface area (Å²) in [6.45, 7) is 0.557. The lowest BCUT2D eigenvalue weighted by Crippen LogP contribution is -2.52. The summed E-state index contributed by atoms with van der Waals surface area (Å²) in [7, 11) is 0. The molecule has 0 saturated carbocycles. The molecule has 2 aliphatic rings. The number of carbonyl (C=O) groups excluding carboxylic acids is 2. The second kappa shape index (κ2) is 8.88. The molecule has 1 aliphatic heterocycles. The van der Waals surface area contributed by atoms with Gasteiger partial charge in [-0.15, -0.1) is 0 Å². The van der Waals surface area contributed by atoms with Gasteiger partial charge in [0.15, 0.2) is 0 Å². The first-order valence-corrected chi connectivity index (χ1v) is 10.7. The number of phenols is 1. The third-order valence-corrected chi connectivity index (χ3v) is 6.23. The topological polar surface area (TPSA) is 95.7 Å². The van der Waals surface area contributed by atoms with Gasteiger partial charge in [-0.1, -0.05) is 36.4 Å². The van der Waals surface area contributed by atoms with Crippen molar-refractivity contribution >= 4 is 11.8 Å². The molecule has 1 fully saturated rings. The molecule has 4 rings (SSSR count). The number of hydrogen-bond acceptors (Lipinski definition) is 4. The first-order chi connectivity index (χ1) is 14.5. The molecular weight excluding hydrogens is 378 g/mol. The van der Waals surface area contributed by atoms with Crippen LogP contribution in [0.15, 0.2) is 48.5 Å². The van der Waals surface area contributed by atoms with Crippen LogP contribution in [0.4, 0.5) is 0 Å². The Labute approximate surface area is 177 Å². The average Bonchev–Trinajstić information content (AvgIpc) is 3.25. The summed E-state index contributed by atoms with van der Waals surface area (Å²) >= 11 is 0. The van der Waals surface area contributed by atoms with Crippen molar-refractivity contribution in [2.24, 2.45) is 5.73 Å². The van der Waals surface area contributed by atoms with E-state index in [4.69, 9.17) is 5.73 Å². The van der Waals surface area contributed by atoms with E-state index in [2.05, 4.69) is 17.4 Å². The molecule has 30 heavy (non-hydrogen) atoms. The van der Waals surface area contributed by atoms with Crippen LogP contribution >= 0.6 is 0 Å². The zero-order valence-corrected chi connectivity index (χ0v) is 17.1. The van der Waals surface area contributed by atoms with Gasteiger partial charge in [0.2, 0.25) is 11.8 Å². The van der Waals surface area contributed by atoms with Gasteiger partial charge in [-0.25, -0.2) is 0 Å². The van der Waals surface area contributed by atoms with Gasteiger partial charge in [-0.2, -0.15) is 0 Å². The molecule has 2 amide bonds. The van der Waals surface area contributed by atoms with Gasteiger partial charge in [0.05, 0.1) is 12.1 Å². The Kier molecular flexibility index (Phi) is 6.04. The van der Waals surface area contributed by atoms with Crippen molar-refractivity contribution in [3.63, 3.8) is 0 Å². The average molecular weight is 408 g/mol. The van der Waals surface area contributed by atoms with Crippen LogP contribution in [0.5, 0.6) is 5.75 Å². The molecule has 0 spiro atoms. The van der Waals surface area contributed by atoms with E-state index in [0.29, 0.717) is 19.4 Å². The SMILES string of the molecule is NC(Cc1ccc(O)cc1)C(=O)N1CCCC1C(=O)N[C@@H]1CCCc2ccccc21. The Morgan fingerprint density at radius 1 is 1.10 bits per heavy atom. The van der Waals surface area contributed by atoms with Gasteiger partial charge in [0.25, 0.3) is 0 Å². The number of carbonyl (C=O) groups is 2. The number of nitrogens with two attached hydrogens (primary N) is 1. The lowest BCUT2D eigenvalue weighted by Gasteiger charge is -2.31. The van der Waals surface area contributed by atoms with E-state index in [9.17, 15) is 14.7 Å². The van der Waals surface area contributed by atoms with Gasteiger partial charge in [0.1, 0.15) is 11.8 Å². The molecule has 1 saturated heterocycles. The molecule has 0 radical (unpaired) electrons. The van der Waals surface area contributed by atoms with Gasteiger partial charge in [0, 0.05) is 6.54 Å². The Morgan fingerprint density at radius 2 is 1.87 bits per heavy atom. The number of aromatic hydroxyl groups is 1. The highest BCUT2D eigenvalue weighted by atomic mass is 16.3. The Bertz CT molecular complexity index is 912. The highest BCUT2D eigenvalue weighted by Crippen LogP contribution is 2.30. The monoisotopic (exact) mass is 407 g/mol. The molecule has 2 unspecified atom stereocenters. The van der Waals surface area contributed by atoms with Crippen LogP contribution in [-0.4, -0.2) is 40.4 Å². The zero-order chi connectivity index (χ0) is 21.1. The maximum Gasteiger partial charge on any atom is 0.243 e. The number of fused-ring (bicyclic) bond motifs is 1. The van der Waals surface area contributed by atoms with Gasteiger partial charge >= 0.3 is 0 Å². The van der Waals surface area contributed by atoms with Crippen LogP contribution < -0.4 is 11.1 Å². The number of benzene rings is 2. The number of amides is 2. The minimum absolute atomic E-state index is 0.00525. The highest BCUT2D eigenvalue weighted by Gasteiger charge is 2.37. The van der Waals surface area contributed by atoms with Crippen molar-refractivity contribution < 1.29 is 14.7 Å². The molecule has 4 N–H and O–H groups in total. The van der Waals surface area contributed by atoms with E-state index in [-0.39, 0.29) is 23.6 Å². The fraction of sp³-hybridized carbons (Fsp3) is 0.417. The normalized spacial score (nSPS) is 21.7. The Balaban J connectivity index is 1.41. The first kappa shape index (κ1) is 20.4. The lowest BCUT2D eigenvalue weighted by molar-refractivity contribution is -0.139. The molecule has 1 aliphatic carbocycles. The van der Waals surface area contributed by atoms with Crippen molar-refractivity contribution in [1.82, 2.24) is 10.2 Å². The van der Waals surface area contributed by atoms with E-state index in [1.54, 1.807) is 29.2 Å². The third kappa shape index (κ3) is 4.33. The van der Waals surface area contributed by atoms with Crippen molar-refractivity contribution in [3.8, 4) is 5.75 Å². The number of hydrogen-bond donors (Lipinski definition) is 3. The molecule has 0 bridgehead atoms. The number of phenolic OH excluding ortho intramolecular Hbond substituents is 1. The van der Waals surface area contributed by atoms with Crippen LogP contribution in [0.1, 0.15) is 48.4 Å². The van der Waals surface area contributed by atoms with E-state index >= 15 is 0 Å². The number of nitrogens with one attached hydrogen (secondary N) is 1. The van der Waals surface area contributed by atoms with Crippen LogP contribution in [0.3, 0.4) is 0 Å². The van der Waals surface area contributed by atoms with Crippen LogP contribution in [0.2, 0.25) is 0 Å². The van der Waals surface area contributed by atoms with Gasteiger partial charge < -0.3 is 21.1 Å². The summed E-state index contributed by atoms with van der Waals surface area (Å²) in [5.74, 6) is -0.0941. The maximum absolute atomic E-state index is 13.1. The molecule has 6 nitrogen and oxygen atoms in total. The number of rotatable bonds is 5. The Hall–Kier alpha value is -2.86. The van der Waals surface area contributed by atoms with Crippen molar-refractivity contribution in [2.45, 2.75) is 56.7 Å². The smallest absolute Gasteiger partial charge is 0.243 e. The Morgan fingerprint density at radius 3 is 2.67 bits per heavy atom. The number of aryl methyl sites for hydroxylation is 1. The molecule has 3 atom stereocenters. The zero-order valence-electron chi connectivity index (χ0n) is 17.1. The summed E-state index contributed by atoms with van der Waals surface area (Å²) in [5.41, 5.74) is 9.56. The number of nitrogens with zero attached hydrogens (tertiary/aromatic N) is 1. The standard InChI is InChI=1S/C24H29N3O3/c25-20(15-16-10-12-18(28)13-11-16)24(30)27-14-4-9-22(27)23(29)26-21-8-3-6-17-5-1-2-7-19(17)21/h1-2,5,7,10-13,20-22,28H,3-4,6,8-9,14-15,25H2,(H,26,29)/t20?,21-,22?/m1/s1. The summed E-state index contributed by atoms with van der Waals surface area (Å²) in [4.78, 5) is 27.7. The van der Waals surface area contributed by atoms with Crippen LogP contribution in [-0.2, 0) is 22.4 Å². The summed E-state index contributed by atoms with van der Waals surface area (Å²) in [6.07, 6.45) is 4.86. The minimum atomic E-state index is -0.710. The quantitative estimate of drug-likeness (QED) is 0.709. The van der Waals surface area contributed by atoms with E-state index in [1.165, 1.54) is 11.1 Å². The van der Waals surface area contributed by atoms with Crippen LogP contribution in [0.25, 0.3) is 0 Å². The largest absolute Gasteiger partial charge is 0.508 e. The molecule has 2 aromatic rings. The predicted molar refractivity (Wildman–Crippen MR) is 115 cm³/mol. The van der Waals surface area contributed by atoms with Crippen LogP contribution in [0, 0.1) is 0 Å². The lowest BCUT2D eigenvalue weighted by atomic mass is 9.87. The fourth-order valence-electron chi connectivity index (χ4n) is 4.66. The third-order valence-electron chi connectivity index (χ3n) is 6.23. The molecule has 158 valence electrons. The summed E-state index contributed by atoms with van der Waals surface area (Å²) in [5, 5.41) is 12.6. The van der Waals surface area contributed by atoms with Gasteiger partial charge in [-0.3, -0.25) is 9.59 Å². The van der Waals surface area contributed by atoms with Gasteiger partial charge in [-0.05, 0) is 67.3 Å². The van der Waals surface area contributed by atoms with Crippen molar-refractivity contribution in [1.29, 1.82) is 0 Å². The first-order valence-electron chi connectivity index (χ1n) is 10.7. The number of likely N-dealkylation sites (tertiary alicyclic amines) is 1. The summed E-state index contributed by atoms with van der Waals surface area (Å²) in [6, 6.07) is 13.8. The minimum Gasteiger partial charge on any atom is -0.508 e. The van der Waals surface area contributed by atoms with Crippen molar-refractivity contribution in [2.75, 3.05) is 6.54 Å². The maximum atomic E-state index is 13.1. The molecular formula is C24H29N3O3. The molecule has 6 heteroatoms. The second-order valence-corrected chi connectivity index (χ2v) is 8.32. The summed E-state index contributed by atoms with van der Waals surface area (Å²) < 4.78 is 0. The second-order valence-electron chi connectivity index (χ2n) is 8.32. The van der Waals surface area contributed by atoms with E-state index in [0.717, 1.165) is 31.2 Å². The molecule has 0 aromatic heterocycles. The van der Waals surface area contributed by atoms with Crippen molar-refractivity contribution in [3.05, 3.63) is 65.2 Å². The fourth-order valence-corrected chi connectivity index (χ4v) is 4.66. The molecule has 1 heterocycles. The van der Waals surface area contributed by atoms with E-state index < -0.39 is 12.1 Å².